The number of carbonyl (C=O) groups excluding carboxylic acids is 2. The van der Waals surface area contributed by atoms with Gasteiger partial charge in [0.25, 0.3) is 0 Å². The van der Waals surface area contributed by atoms with Gasteiger partial charge in [0.05, 0.1) is 18.9 Å². The van der Waals surface area contributed by atoms with Crippen molar-refractivity contribution in [1.29, 1.82) is 0 Å². The number of nitrogens with zero attached hydrogens (tertiary/aromatic N) is 2. The van der Waals surface area contributed by atoms with Crippen LogP contribution in [0, 0.1) is 0 Å². The molecule has 7 heteroatoms. The van der Waals surface area contributed by atoms with E-state index >= 15 is 0 Å². The first kappa shape index (κ1) is 22.3. The molecule has 7 nitrogen and oxygen atoms in total. The Hall–Kier alpha value is -2.02. The molecule has 0 bridgehead atoms. The van der Waals surface area contributed by atoms with Crippen LogP contribution >= 0.6 is 0 Å². The predicted octanol–water partition coefficient (Wildman–Crippen LogP) is 3.40. The van der Waals surface area contributed by atoms with Crippen molar-refractivity contribution in [2.75, 3.05) is 26.2 Å². The number of amides is 3. The fourth-order valence-corrected chi connectivity index (χ4v) is 3.25. The van der Waals surface area contributed by atoms with Crippen molar-refractivity contribution >= 4 is 11.9 Å². The molecule has 2 rings (SSSR count). The van der Waals surface area contributed by atoms with Crippen LogP contribution in [0.4, 0.5) is 4.79 Å². The first-order chi connectivity index (χ1) is 13.5. The third-order valence-corrected chi connectivity index (χ3v) is 5.22. The minimum absolute atomic E-state index is 0.0150. The van der Waals surface area contributed by atoms with Gasteiger partial charge in [-0.25, -0.2) is 4.79 Å². The van der Waals surface area contributed by atoms with Gasteiger partial charge < -0.3 is 24.3 Å². The first-order valence-corrected chi connectivity index (χ1v) is 10.5. The smallest absolute Gasteiger partial charge is 0.318 e. The molecule has 0 aromatic carbocycles. The molecule has 0 spiro atoms. The maximum Gasteiger partial charge on any atom is 0.318 e. The van der Waals surface area contributed by atoms with Crippen LogP contribution in [0.15, 0.2) is 22.8 Å². The van der Waals surface area contributed by atoms with E-state index in [4.69, 9.17) is 9.15 Å². The molecule has 1 aliphatic heterocycles. The maximum atomic E-state index is 13.1. The van der Waals surface area contributed by atoms with Crippen LogP contribution in [0.5, 0.6) is 0 Å². The first-order valence-electron chi connectivity index (χ1n) is 10.5. The van der Waals surface area contributed by atoms with E-state index in [1.54, 1.807) is 16.1 Å². The zero-order valence-electron chi connectivity index (χ0n) is 17.5. The number of furan rings is 1. The third kappa shape index (κ3) is 6.86. The third-order valence-electron chi connectivity index (χ3n) is 5.22. The highest BCUT2D eigenvalue weighted by molar-refractivity contribution is 5.84. The molecule has 0 aliphatic carbocycles. The highest BCUT2D eigenvalue weighted by atomic mass is 16.5. The fraction of sp³-hybridized carbons (Fsp3) is 0.714. The van der Waals surface area contributed by atoms with E-state index in [2.05, 4.69) is 12.2 Å². The highest BCUT2D eigenvalue weighted by Crippen LogP contribution is 2.16. The number of hydrogen-bond donors (Lipinski definition) is 1. The second-order valence-electron chi connectivity index (χ2n) is 7.46. The average molecular weight is 394 g/mol. The average Bonchev–Trinajstić information content (AvgIpc) is 3.39. The lowest BCUT2D eigenvalue weighted by molar-refractivity contribution is -0.134. The second kappa shape index (κ2) is 11.7. The summed E-state index contributed by atoms with van der Waals surface area (Å²) in [6.45, 7) is 8.41. The summed E-state index contributed by atoms with van der Waals surface area (Å²) in [7, 11) is 0. The van der Waals surface area contributed by atoms with Gasteiger partial charge in [-0.2, -0.15) is 0 Å². The Balaban J connectivity index is 2.04. The highest BCUT2D eigenvalue weighted by Gasteiger charge is 2.27. The molecule has 1 aromatic rings. The topological polar surface area (TPSA) is 75.0 Å². The van der Waals surface area contributed by atoms with Gasteiger partial charge in [0.1, 0.15) is 12.3 Å². The van der Waals surface area contributed by atoms with Gasteiger partial charge in [-0.15, -0.1) is 0 Å². The van der Waals surface area contributed by atoms with Crippen LogP contribution in [0.2, 0.25) is 0 Å². The predicted molar refractivity (Wildman–Crippen MR) is 108 cm³/mol. The van der Waals surface area contributed by atoms with E-state index in [-0.39, 0.29) is 30.6 Å². The summed E-state index contributed by atoms with van der Waals surface area (Å²) in [4.78, 5) is 29.2. The van der Waals surface area contributed by atoms with E-state index in [1.165, 1.54) is 0 Å². The van der Waals surface area contributed by atoms with E-state index in [0.29, 0.717) is 19.6 Å². The Morgan fingerprint density at radius 3 is 2.79 bits per heavy atom. The summed E-state index contributed by atoms with van der Waals surface area (Å²) < 4.78 is 11.2. The lowest BCUT2D eigenvalue weighted by Gasteiger charge is -2.32. The molecule has 1 aromatic heterocycles. The number of ether oxygens (including phenoxy) is 1. The van der Waals surface area contributed by atoms with Crippen LogP contribution in [-0.4, -0.2) is 60.1 Å². The number of nitrogens with one attached hydrogen (secondary N) is 1. The van der Waals surface area contributed by atoms with Crippen molar-refractivity contribution in [2.24, 2.45) is 0 Å². The molecule has 1 saturated heterocycles. The Labute approximate surface area is 168 Å². The lowest BCUT2D eigenvalue weighted by atomic mass is 10.2. The summed E-state index contributed by atoms with van der Waals surface area (Å²) in [5, 5.41) is 2.93. The Kier molecular flexibility index (Phi) is 9.34. The molecule has 0 unspecified atom stereocenters. The van der Waals surface area contributed by atoms with E-state index in [1.807, 2.05) is 26.0 Å². The molecule has 1 aliphatic rings. The standard InChI is InChI=1S/C21H35N3O4/c1-4-6-11-22-21(26)24(17(3)5-2)16-20(25)23(14-18-9-7-12-27-18)15-19-10-8-13-28-19/h7,9,12,17,19H,4-6,8,10-11,13-16H2,1-3H3,(H,22,26)/t17-,19-/m1/s1. The fourth-order valence-electron chi connectivity index (χ4n) is 3.25. The van der Waals surface area contributed by atoms with Crippen LogP contribution in [-0.2, 0) is 16.1 Å². The van der Waals surface area contributed by atoms with Gasteiger partial charge in [0.2, 0.25) is 5.91 Å². The Morgan fingerprint density at radius 1 is 1.36 bits per heavy atom. The van der Waals surface area contributed by atoms with Crippen LogP contribution in [0.1, 0.15) is 58.6 Å². The molecule has 3 amide bonds. The normalized spacial score (nSPS) is 17.3. The minimum atomic E-state index is -0.175. The summed E-state index contributed by atoms with van der Waals surface area (Å²) in [5.74, 6) is 0.645. The molecule has 28 heavy (non-hydrogen) atoms. The van der Waals surface area contributed by atoms with Crippen LogP contribution in [0.3, 0.4) is 0 Å². The summed E-state index contributed by atoms with van der Waals surface area (Å²) >= 11 is 0. The van der Waals surface area contributed by atoms with E-state index in [0.717, 1.165) is 44.5 Å². The van der Waals surface area contributed by atoms with Crippen molar-refractivity contribution < 1.29 is 18.7 Å². The lowest BCUT2D eigenvalue weighted by Crippen LogP contribution is -2.51. The molecule has 2 atom stereocenters. The Morgan fingerprint density at radius 2 is 2.18 bits per heavy atom. The molecule has 0 saturated carbocycles. The van der Waals surface area contributed by atoms with Crippen molar-refractivity contribution in [3.05, 3.63) is 24.2 Å². The van der Waals surface area contributed by atoms with Crippen molar-refractivity contribution in [3.8, 4) is 0 Å². The second-order valence-corrected chi connectivity index (χ2v) is 7.46. The number of carbonyl (C=O) groups is 2. The van der Waals surface area contributed by atoms with Crippen LogP contribution < -0.4 is 5.32 Å². The Bertz CT molecular complexity index is 584. The molecular weight excluding hydrogens is 358 g/mol. The number of urea groups is 1. The van der Waals surface area contributed by atoms with Gasteiger partial charge in [0, 0.05) is 25.7 Å². The van der Waals surface area contributed by atoms with Gasteiger partial charge in [0.15, 0.2) is 0 Å². The van der Waals surface area contributed by atoms with Crippen molar-refractivity contribution in [1.82, 2.24) is 15.1 Å². The van der Waals surface area contributed by atoms with Gasteiger partial charge in [-0.05, 0) is 44.7 Å². The molecule has 1 fully saturated rings. The molecule has 158 valence electrons. The van der Waals surface area contributed by atoms with E-state index in [9.17, 15) is 9.59 Å². The number of rotatable bonds is 11. The molecular formula is C21H35N3O4. The van der Waals surface area contributed by atoms with Crippen molar-refractivity contribution in [3.63, 3.8) is 0 Å². The number of unbranched alkanes of at least 4 members (excludes halogenated alkanes) is 1. The molecule has 0 radical (unpaired) electrons. The van der Waals surface area contributed by atoms with Gasteiger partial charge in [-0.3, -0.25) is 4.79 Å². The summed E-state index contributed by atoms with van der Waals surface area (Å²) in [5.41, 5.74) is 0. The number of hydrogen-bond acceptors (Lipinski definition) is 4. The summed E-state index contributed by atoms with van der Waals surface area (Å²) in [6, 6.07) is 3.49. The van der Waals surface area contributed by atoms with Gasteiger partial charge in [-0.1, -0.05) is 20.3 Å². The zero-order chi connectivity index (χ0) is 20.4. The molecule has 1 N–H and O–H groups in total. The minimum Gasteiger partial charge on any atom is -0.467 e. The SMILES string of the molecule is CCCCNC(=O)N(CC(=O)N(Cc1ccco1)C[C@H]1CCCO1)[C@H](C)CC. The summed E-state index contributed by atoms with van der Waals surface area (Å²) in [6.07, 6.45) is 6.36. The quantitative estimate of drug-likeness (QED) is 0.585. The van der Waals surface area contributed by atoms with Crippen LogP contribution in [0.25, 0.3) is 0 Å². The monoisotopic (exact) mass is 393 g/mol. The molecule has 2 heterocycles. The van der Waals surface area contributed by atoms with Crippen molar-refractivity contribution in [2.45, 2.75) is 71.6 Å². The largest absolute Gasteiger partial charge is 0.467 e. The van der Waals surface area contributed by atoms with Gasteiger partial charge >= 0.3 is 6.03 Å². The maximum absolute atomic E-state index is 13.1. The van der Waals surface area contributed by atoms with E-state index < -0.39 is 0 Å². The zero-order valence-corrected chi connectivity index (χ0v) is 17.5.